The quantitative estimate of drug-likeness (QED) is 0.591. The summed E-state index contributed by atoms with van der Waals surface area (Å²) in [6.45, 7) is 13.9. The van der Waals surface area contributed by atoms with Gasteiger partial charge < -0.3 is 0 Å². The molecule has 0 aliphatic rings. The van der Waals surface area contributed by atoms with Crippen molar-refractivity contribution < 1.29 is 4.79 Å². The van der Waals surface area contributed by atoms with Crippen LogP contribution < -0.4 is 0 Å². The van der Waals surface area contributed by atoms with E-state index in [9.17, 15) is 4.79 Å². The van der Waals surface area contributed by atoms with Crippen molar-refractivity contribution in [1.29, 1.82) is 0 Å². The first kappa shape index (κ1) is 11.4. The molecule has 0 aromatic carbocycles. The Morgan fingerprint density at radius 2 is 1.75 bits per heavy atom. The standard InChI is InChI=1S/C11H20O/c1-8(2)9(3)7-10(12)11(4,5)6/h8H,3,7H2,1-2,4-6H3. The predicted molar refractivity (Wildman–Crippen MR) is 53.1 cm³/mol. The van der Waals surface area contributed by atoms with Crippen molar-refractivity contribution >= 4 is 5.78 Å². The lowest BCUT2D eigenvalue weighted by molar-refractivity contribution is -0.125. The number of carbonyl (C=O) groups is 1. The van der Waals surface area contributed by atoms with E-state index in [1.165, 1.54) is 0 Å². The summed E-state index contributed by atoms with van der Waals surface area (Å²) in [5, 5.41) is 0. The van der Waals surface area contributed by atoms with Crippen LogP contribution >= 0.6 is 0 Å². The van der Waals surface area contributed by atoms with Crippen molar-refractivity contribution in [3.05, 3.63) is 12.2 Å². The molecule has 12 heavy (non-hydrogen) atoms. The molecule has 0 fully saturated rings. The third-order valence-corrected chi connectivity index (χ3v) is 2.04. The number of carbonyl (C=O) groups excluding carboxylic acids is 1. The maximum absolute atomic E-state index is 11.5. The SMILES string of the molecule is C=C(CC(=O)C(C)(C)C)C(C)C. The molecule has 0 aliphatic heterocycles. The van der Waals surface area contributed by atoms with E-state index in [1.807, 2.05) is 20.8 Å². The first-order chi connectivity index (χ1) is 5.25. The molecule has 0 aliphatic carbocycles. The van der Waals surface area contributed by atoms with E-state index in [0.717, 1.165) is 5.57 Å². The minimum atomic E-state index is -0.224. The van der Waals surface area contributed by atoms with E-state index in [2.05, 4.69) is 20.4 Å². The molecule has 0 unspecified atom stereocenters. The third-order valence-electron chi connectivity index (χ3n) is 2.04. The van der Waals surface area contributed by atoms with Gasteiger partial charge in [0.1, 0.15) is 5.78 Å². The van der Waals surface area contributed by atoms with Gasteiger partial charge in [-0.1, -0.05) is 46.8 Å². The Kier molecular flexibility index (Phi) is 3.69. The number of allylic oxidation sites excluding steroid dienone is 1. The van der Waals surface area contributed by atoms with Crippen LogP contribution in [0.5, 0.6) is 0 Å². The monoisotopic (exact) mass is 168 g/mol. The summed E-state index contributed by atoms with van der Waals surface area (Å²) in [6, 6.07) is 0. The molecule has 0 amide bonds. The fourth-order valence-corrected chi connectivity index (χ4v) is 0.676. The van der Waals surface area contributed by atoms with Gasteiger partial charge in [0, 0.05) is 11.8 Å². The lowest BCUT2D eigenvalue weighted by Crippen LogP contribution is -2.20. The Hall–Kier alpha value is -0.590. The van der Waals surface area contributed by atoms with Crippen molar-refractivity contribution in [3.8, 4) is 0 Å². The normalized spacial score (nSPS) is 11.8. The van der Waals surface area contributed by atoms with Crippen LogP contribution in [0, 0.1) is 11.3 Å². The molecule has 1 nitrogen and oxygen atoms in total. The van der Waals surface area contributed by atoms with Crippen LogP contribution in [-0.2, 0) is 4.79 Å². The molecule has 0 heterocycles. The minimum Gasteiger partial charge on any atom is -0.299 e. The van der Waals surface area contributed by atoms with Gasteiger partial charge in [-0.2, -0.15) is 0 Å². The zero-order chi connectivity index (χ0) is 9.94. The van der Waals surface area contributed by atoms with Gasteiger partial charge >= 0.3 is 0 Å². The Balaban J connectivity index is 4.12. The van der Waals surface area contributed by atoms with E-state index >= 15 is 0 Å². The summed E-state index contributed by atoms with van der Waals surface area (Å²) >= 11 is 0. The van der Waals surface area contributed by atoms with E-state index in [-0.39, 0.29) is 11.2 Å². The van der Waals surface area contributed by atoms with Crippen molar-refractivity contribution in [1.82, 2.24) is 0 Å². The van der Waals surface area contributed by atoms with E-state index < -0.39 is 0 Å². The molecule has 0 saturated heterocycles. The Labute approximate surface area is 75.9 Å². The Morgan fingerprint density at radius 1 is 1.33 bits per heavy atom. The molecule has 0 saturated carbocycles. The molecule has 0 spiro atoms. The highest BCUT2D eigenvalue weighted by Gasteiger charge is 2.21. The molecular formula is C11H20O. The lowest BCUT2D eigenvalue weighted by Gasteiger charge is -2.18. The maximum Gasteiger partial charge on any atom is 0.142 e. The summed E-state index contributed by atoms with van der Waals surface area (Å²) in [7, 11) is 0. The van der Waals surface area contributed by atoms with Gasteiger partial charge in [-0.25, -0.2) is 0 Å². The molecule has 0 rings (SSSR count). The van der Waals surface area contributed by atoms with Gasteiger partial charge in [0.05, 0.1) is 0 Å². The maximum atomic E-state index is 11.5. The second kappa shape index (κ2) is 3.88. The molecule has 0 aromatic heterocycles. The van der Waals surface area contributed by atoms with Gasteiger partial charge in [-0.3, -0.25) is 4.79 Å². The fraction of sp³-hybridized carbons (Fsp3) is 0.727. The van der Waals surface area contributed by atoms with E-state index in [0.29, 0.717) is 12.3 Å². The molecule has 0 atom stereocenters. The third kappa shape index (κ3) is 3.70. The molecule has 70 valence electrons. The summed E-state index contributed by atoms with van der Waals surface area (Å²) in [5.74, 6) is 0.692. The zero-order valence-corrected chi connectivity index (χ0v) is 8.90. The second-order valence-corrected chi connectivity index (χ2v) is 4.66. The second-order valence-electron chi connectivity index (χ2n) is 4.66. The molecular weight excluding hydrogens is 148 g/mol. The first-order valence-electron chi connectivity index (χ1n) is 4.46. The molecule has 0 N–H and O–H groups in total. The van der Waals surface area contributed by atoms with Crippen molar-refractivity contribution in [2.45, 2.75) is 41.0 Å². The van der Waals surface area contributed by atoms with Crippen LogP contribution in [0.3, 0.4) is 0 Å². The number of ketones is 1. The summed E-state index contributed by atoms with van der Waals surface area (Å²) in [6.07, 6.45) is 0.529. The number of Topliss-reactive ketones (excluding diaryl/α,β-unsaturated/α-hetero) is 1. The van der Waals surface area contributed by atoms with Crippen molar-refractivity contribution in [2.75, 3.05) is 0 Å². The van der Waals surface area contributed by atoms with E-state index in [1.54, 1.807) is 0 Å². The van der Waals surface area contributed by atoms with Crippen LogP contribution in [0.4, 0.5) is 0 Å². The summed E-state index contributed by atoms with van der Waals surface area (Å²) < 4.78 is 0. The van der Waals surface area contributed by atoms with Crippen LogP contribution in [-0.4, -0.2) is 5.78 Å². The zero-order valence-electron chi connectivity index (χ0n) is 8.90. The van der Waals surface area contributed by atoms with Crippen LogP contribution in [0.2, 0.25) is 0 Å². The number of hydrogen-bond donors (Lipinski definition) is 0. The van der Waals surface area contributed by atoms with Crippen LogP contribution in [0.1, 0.15) is 41.0 Å². The van der Waals surface area contributed by atoms with Gasteiger partial charge in [-0.15, -0.1) is 0 Å². The molecule has 0 radical (unpaired) electrons. The lowest BCUT2D eigenvalue weighted by atomic mass is 9.85. The van der Waals surface area contributed by atoms with Crippen LogP contribution in [0.15, 0.2) is 12.2 Å². The minimum absolute atomic E-state index is 0.224. The van der Waals surface area contributed by atoms with Crippen LogP contribution in [0.25, 0.3) is 0 Å². The average molecular weight is 168 g/mol. The van der Waals surface area contributed by atoms with Gasteiger partial charge in [-0.05, 0) is 5.92 Å². The largest absolute Gasteiger partial charge is 0.299 e. The highest BCUT2D eigenvalue weighted by molar-refractivity contribution is 5.85. The Bertz CT molecular complexity index is 182. The Morgan fingerprint density at radius 3 is 2.00 bits per heavy atom. The van der Waals surface area contributed by atoms with Gasteiger partial charge in [0.15, 0.2) is 0 Å². The molecule has 0 aromatic rings. The molecule has 0 bridgehead atoms. The van der Waals surface area contributed by atoms with Crippen molar-refractivity contribution in [3.63, 3.8) is 0 Å². The highest BCUT2D eigenvalue weighted by Crippen LogP contribution is 2.21. The topological polar surface area (TPSA) is 17.1 Å². The van der Waals surface area contributed by atoms with E-state index in [4.69, 9.17) is 0 Å². The molecule has 1 heteroatoms. The number of rotatable bonds is 3. The fourth-order valence-electron chi connectivity index (χ4n) is 0.676. The smallest absolute Gasteiger partial charge is 0.142 e. The highest BCUT2D eigenvalue weighted by atomic mass is 16.1. The van der Waals surface area contributed by atoms with Gasteiger partial charge in [0.25, 0.3) is 0 Å². The van der Waals surface area contributed by atoms with Crippen molar-refractivity contribution in [2.24, 2.45) is 11.3 Å². The van der Waals surface area contributed by atoms with Gasteiger partial charge in [0.2, 0.25) is 0 Å². The number of hydrogen-bond acceptors (Lipinski definition) is 1. The first-order valence-corrected chi connectivity index (χ1v) is 4.46. The predicted octanol–water partition coefficient (Wildman–Crippen LogP) is 3.20. The summed E-state index contributed by atoms with van der Waals surface area (Å²) in [5.41, 5.74) is 0.813. The summed E-state index contributed by atoms with van der Waals surface area (Å²) in [4.78, 5) is 11.5. The average Bonchev–Trinajstić information content (AvgIpc) is 1.85.